The first-order chi connectivity index (χ1) is 13.8. The van der Waals surface area contributed by atoms with Gasteiger partial charge < -0.3 is 9.64 Å². The molecule has 1 amide bonds. The number of benzene rings is 2. The van der Waals surface area contributed by atoms with E-state index in [9.17, 15) is 18.0 Å². The predicted octanol–water partition coefficient (Wildman–Crippen LogP) is 4.61. The molecule has 150 valence electrons. The van der Waals surface area contributed by atoms with E-state index in [4.69, 9.17) is 4.74 Å². The van der Waals surface area contributed by atoms with E-state index in [1.807, 2.05) is 0 Å². The van der Waals surface area contributed by atoms with Crippen molar-refractivity contribution >= 4 is 33.2 Å². The zero-order valence-electron chi connectivity index (χ0n) is 15.0. The third kappa shape index (κ3) is 4.11. The molecule has 29 heavy (non-hydrogen) atoms. The summed E-state index contributed by atoms with van der Waals surface area (Å²) in [5, 5.41) is 0.469. The molecule has 1 aliphatic rings. The van der Waals surface area contributed by atoms with Crippen molar-refractivity contribution in [3.8, 4) is 11.4 Å². The van der Waals surface area contributed by atoms with Gasteiger partial charge >= 0.3 is 6.18 Å². The number of rotatable bonds is 3. The molecule has 4 rings (SSSR count). The molecule has 1 fully saturated rings. The molecule has 1 unspecified atom stereocenters. The maximum Gasteiger partial charge on any atom is 0.416 e. The lowest BCUT2D eigenvalue weighted by molar-refractivity contribution is -0.137. The van der Waals surface area contributed by atoms with Crippen molar-refractivity contribution < 1.29 is 22.7 Å². The minimum atomic E-state index is -4.48. The predicted molar refractivity (Wildman–Crippen MR) is 104 cm³/mol. The minimum Gasteiger partial charge on any atom is -0.368 e. The fourth-order valence-electron chi connectivity index (χ4n) is 3.23. The van der Waals surface area contributed by atoms with Gasteiger partial charge in [-0.05, 0) is 24.3 Å². The first-order valence-corrected chi connectivity index (χ1v) is 9.60. The van der Waals surface area contributed by atoms with Crippen LogP contribution in [0.2, 0.25) is 0 Å². The Bertz CT molecular complexity index is 1060. The van der Waals surface area contributed by atoms with Gasteiger partial charge in [0.25, 0.3) is 0 Å². The van der Waals surface area contributed by atoms with Crippen LogP contribution in [0.15, 0.2) is 46.9 Å². The number of hydrogen-bond acceptors (Lipinski definition) is 4. The number of fused-ring (bicyclic) bond motifs is 1. The van der Waals surface area contributed by atoms with E-state index in [2.05, 4.69) is 25.9 Å². The van der Waals surface area contributed by atoms with E-state index in [0.29, 0.717) is 35.6 Å². The number of hydrogen-bond donors (Lipinski definition) is 0. The number of halogens is 4. The normalized spacial score (nSPS) is 17.5. The molecule has 3 aromatic rings. The summed E-state index contributed by atoms with van der Waals surface area (Å²) in [5.74, 6) is 0.297. The molecule has 0 spiro atoms. The summed E-state index contributed by atoms with van der Waals surface area (Å²) in [6.07, 6.45) is -4.30. The van der Waals surface area contributed by atoms with Crippen LogP contribution in [-0.2, 0) is 15.7 Å². The van der Waals surface area contributed by atoms with Gasteiger partial charge in [-0.25, -0.2) is 9.97 Å². The van der Waals surface area contributed by atoms with Crippen molar-refractivity contribution in [3.63, 3.8) is 0 Å². The third-order valence-corrected chi connectivity index (χ3v) is 5.24. The van der Waals surface area contributed by atoms with Crippen LogP contribution < -0.4 is 0 Å². The third-order valence-electron chi connectivity index (χ3n) is 4.71. The number of carbonyl (C=O) groups excluding carboxylic acids is 1. The first-order valence-electron chi connectivity index (χ1n) is 8.81. The molecule has 0 radical (unpaired) electrons. The second kappa shape index (κ2) is 7.72. The first kappa shape index (κ1) is 19.8. The van der Waals surface area contributed by atoms with E-state index < -0.39 is 17.8 Å². The molecule has 5 nitrogen and oxygen atoms in total. The topological polar surface area (TPSA) is 55.3 Å². The second-order valence-corrected chi connectivity index (χ2v) is 7.54. The summed E-state index contributed by atoms with van der Waals surface area (Å²) >= 11 is 3.36. The number of nitrogens with zero attached hydrogens (tertiary/aromatic N) is 3. The van der Waals surface area contributed by atoms with E-state index in [1.165, 1.54) is 6.07 Å². The number of ether oxygens (including phenoxy) is 1. The van der Waals surface area contributed by atoms with Gasteiger partial charge in [-0.2, -0.15) is 13.2 Å². The van der Waals surface area contributed by atoms with Gasteiger partial charge in [-0.1, -0.05) is 34.1 Å². The van der Waals surface area contributed by atoms with Crippen molar-refractivity contribution in [2.75, 3.05) is 19.7 Å². The Balaban J connectivity index is 1.89. The molecule has 1 atom stereocenters. The quantitative estimate of drug-likeness (QED) is 0.530. The fourth-order valence-corrected chi connectivity index (χ4v) is 3.50. The monoisotopic (exact) mass is 465 g/mol. The van der Waals surface area contributed by atoms with Crippen LogP contribution in [0.1, 0.15) is 17.4 Å². The molecule has 9 heteroatoms. The maximum atomic E-state index is 13.2. The lowest BCUT2D eigenvalue weighted by Gasteiger charge is -2.30. The van der Waals surface area contributed by atoms with Crippen LogP contribution in [0, 0.1) is 0 Å². The average molecular weight is 466 g/mol. The Morgan fingerprint density at radius 2 is 1.90 bits per heavy atom. The van der Waals surface area contributed by atoms with E-state index in [0.717, 1.165) is 23.0 Å². The summed E-state index contributed by atoms with van der Waals surface area (Å²) in [6.45, 7) is 1.06. The number of carbonyl (C=O) groups is 1. The molecule has 0 aliphatic carbocycles. The van der Waals surface area contributed by atoms with Gasteiger partial charge in [0, 0.05) is 22.0 Å². The van der Waals surface area contributed by atoms with Crippen molar-refractivity contribution in [1.82, 2.24) is 14.9 Å². The summed E-state index contributed by atoms with van der Waals surface area (Å²) in [5.41, 5.74) is 0.523. The molecule has 0 bridgehead atoms. The zero-order valence-corrected chi connectivity index (χ0v) is 16.6. The Morgan fingerprint density at radius 1 is 1.14 bits per heavy atom. The highest BCUT2D eigenvalue weighted by Crippen LogP contribution is 2.34. The highest BCUT2D eigenvalue weighted by atomic mass is 79.9. The standard InChI is InChI=1S/C20H15BrF3N3O2/c21-14-4-1-12(2-5-14)19-25-16-9-13(20(22,23)24)3-6-15(16)18(26-19)17-10-27(11-28)7-8-29-17/h1-6,9,11,17H,7-8,10H2. The zero-order chi connectivity index (χ0) is 20.6. The van der Waals surface area contributed by atoms with Crippen LogP contribution >= 0.6 is 15.9 Å². The summed E-state index contributed by atoms with van der Waals surface area (Å²) in [6, 6.07) is 10.6. The van der Waals surface area contributed by atoms with Gasteiger partial charge in [-0.3, -0.25) is 4.79 Å². The molecule has 1 aromatic heterocycles. The highest BCUT2D eigenvalue weighted by Gasteiger charge is 2.32. The Labute approximate surface area is 172 Å². The van der Waals surface area contributed by atoms with Crippen LogP contribution in [0.25, 0.3) is 22.3 Å². The van der Waals surface area contributed by atoms with Crippen molar-refractivity contribution in [3.05, 3.63) is 58.2 Å². The lowest BCUT2D eigenvalue weighted by Crippen LogP contribution is -2.37. The summed E-state index contributed by atoms with van der Waals surface area (Å²) in [4.78, 5) is 21.7. The van der Waals surface area contributed by atoms with Gasteiger partial charge in [0.1, 0.15) is 6.10 Å². The van der Waals surface area contributed by atoms with Crippen LogP contribution in [0.3, 0.4) is 0 Å². The minimum absolute atomic E-state index is 0.176. The second-order valence-electron chi connectivity index (χ2n) is 6.63. The van der Waals surface area contributed by atoms with Crippen LogP contribution in [0.4, 0.5) is 13.2 Å². The molecular weight excluding hydrogens is 451 g/mol. The SMILES string of the molecule is O=CN1CCOC(c2nc(-c3ccc(Br)cc3)nc3cc(C(F)(F)F)ccc23)C1. The fraction of sp³-hybridized carbons (Fsp3) is 0.250. The van der Waals surface area contributed by atoms with E-state index >= 15 is 0 Å². The summed E-state index contributed by atoms with van der Waals surface area (Å²) < 4.78 is 46.3. The molecule has 0 N–H and O–H groups in total. The van der Waals surface area contributed by atoms with Crippen molar-refractivity contribution in [1.29, 1.82) is 0 Å². The number of morpholine rings is 1. The Hall–Kier alpha value is -2.52. The van der Waals surface area contributed by atoms with Crippen LogP contribution in [0.5, 0.6) is 0 Å². The van der Waals surface area contributed by atoms with Gasteiger partial charge in [0.15, 0.2) is 5.82 Å². The molecule has 1 saturated heterocycles. The van der Waals surface area contributed by atoms with Gasteiger partial charge in [0.2, 0.25) is 6.41 Å². The molecule has 0 saturated carbocycles. The molecule has 2 aromatic carbocycles. The van der Waals surface area contributed by atoms with Gasteiger partial charge in [-0.15, -0.1) is 0 Å². The van der Waals surface area contributed by atoms with Gasteiger partial charge in [0.05, 0.1) is 29.9 Å². The maximum absolute atomic E-state index is 13.2. The van der Waals surface area contributed by atoms with Crippen molar-refractivity contribution in [2.24, 2.45) is 0 Å². The molecule has 2 heterocycles. The Morgan fingerprint density at radius 3 is 2.59 bits per heavy atom. The smallest absolute Gasteiger partial charge is 0.368 e. The van der Waals surface area contributed by atoms with Crippen molar-refractivity contribution in [2.45, 2.75) is 12.3 Å². The summed E-state index contributed by atoms with van der Waals surface area (Å²) in [7, 11) is 0. The largest absolute Gasteiger partial charge is 0.416 e. The molecular formula is C20H15BrF3N3O2. The van der Waals surface area contributed by atoms with E-state index in [1.54, 1.807) is 29.2 Å². The average Bonchev–Trinajstić information content (AvgIpc) is 2.72. The molecule has 1 aliphatic heterocycles. The lowest BCUT2D eigenvalue weighted by atomic mass is 10.0. The number of aromatic nitrogens is 2. The van der Waals surface area contributed by atoms with Crippen LogP contribution in [-0.4, -0.2) is 41.0 Å². The van der Waals surface area contributed by atoms with E-state index in [-0.39, 0.29) is 12.1 Å². The number of alkyl halides is 3. The Kier molecular flexibility index (Phi) is 5.26. The highest BCUT2D eigenvalue weighted by molar-refractivity contribution is 9.10. The number of amides is 1.